The lowest BCUT2D eigenvalue weighted by molar-refractivity contribution is 0.458. The molecule has 2 aromatic rings. The fraction of sp³-hybridized carbons (Fsp3) is 0.429. The fourth-order valence-electron chi connectivity index (χ4n) is 2.05. The number of hydrogen-bond donors (Lipinski definition) is 2. The lowest BCUT2D eigenvalue weighted by atomic mass is 10.3. The Morgan fingerprint density at radius 1 is 1.30 bits per heavy atom. The number of nitrogens with zero attached hydrogens (tertiary/aromatic N) is 3. The summed E-state index contributed by atoms with van der Waals surface area (Å²) < 4.78 is 0. The van der Waals surface area contributed by atoms with Crippen LogP contribution >= 0.6 is 24.0 Å². The second kappa shape index (κ2) is 8.08. The second-order valence-electron chi connectivity index (χ2n) is 4.36. The Morgan fingerprint density at radius 3 is 2.65 bits per heavy atom. The molecular formula is C14H22IN5. The summed E-state index contributed by atoms with van der Waals surface area (Å²) >= 11 is 0. The maximum Gasteiger partial charge on any atom is 0.191 e. The first-order valence-corrected chi connectivity index (χ1v) is 6.73. The van der Waals surface area contributed by atoms with Crippen molar-refractivity contribution in [1.82, 2.24) is 14.9 Å². The number of halogens is 1. The highest BCUT2D eigenvalue weighted by atomic mass is 127. The van der Waals surface area contributed by atoms with Gasteiger partial charge in [-0.1, -0.05) is 12.1 Å². The van der Waals surface area contributed by atoms with Crippen LogP contribution < -0.4 is 5.73 Å². The molecule has 0 aliphatic heterocycles. The van der Waals surface area contributed by atoms with E-state index in [0.717, 1.165) is 36.4 Å². The van der Waals surface area contributed by atoms with Gasteiger partial charge in [-0.25, -0.2) is 4.98 Å². The Balaban J connectivity index is 0.00000200. The third-order valence-electron chi connectivity index (χ3n) is 3.15. The molecule has 2 rings (SSSR count). The van der Waals surface area contributed by atoms with Crippen molar-refractivity contribution in [1.29, 1.82) is 0 Å². The first kappa shape index (κ1) is 16.7. The predicted octanol–water partition coefficient (Wildman–Crippen LogP) is 2.38. The molecule has 1 aromatic carbocycles. The van der Waals surface area contributed by atoms with Crippen LogP contribution in [0.25, 0.3) is 11.0 Å². The number of H-pyrrole nitrogens is 1. The van der Waals surface area contributed by atoms with Crippen molar-refractivity contribution in [2.45, 2.75) is 20.3 Å². The Labute approximate surface area is 136 Å². The summed E-state index contributed by atoms with van der Waals surface area (Å²) in [5.41, 5.74) is 7.99. The van der Waals surface area contributed by atoms with Crippen LogP contribution in [0.15, 0.2) is 29.3 Å². The molecule has 6 heteroatoms. The minimum atomic E-state index is 0. The number of imidazole rings is 1. The van der Waals surface area contributed by atoms with E-state index in [9.17, 15) is 0 Å². The smallest absolute Gasteiger partial charge is 0.191 e. The Hall–Kier alpha value is -1.31. The number of aromatic nitrogens is 2. The maximum absolute atomic E-state index is 5.92. The maximum atomic E-state index is 5.92. The lowest BCUT2D eigenvalue weighted by Gasteiger charge is -2.19. The topological polar surface area (TPSA) is 70.3 Å². The number of rotatable bonds is 5. The highest BCUT2D eigenvalue weighted by Gasteiger charge is 2.03. The predicted molar refractivity (Wildman–Crippen MR) is 94.6 cm³/mol. The van der Waals surface area contributed by atoms with Gasteiger partial charge in [-0.05, 0) is 26.0 Å². The van der Waals surface area contributed by atoms with E-state index in [0.29, 0.717) is 12.5 Å². The Bertz CT molecular complexity index is 526. The minimum Gasteiger partial charge on any atom is -0.370 e. The molecule has 0 aliphatic rings. The van der Waals surface area contributed by atoms with Crippen molar-refractivity contribution in [3.05, 3.63) is 30.1 Å². The van der Waals surface area contributed by atoms with Crippen LogP contribution in [0.3, 0.4) is 0 Å². The van der Waals surface area contributed by atoms with Crippen molar-refractivity contribution < 1.29 is 0 Å². The van der Waals surface area contributed by atoms with Crippen molar-refractivity contribution >= 4 is 41.0 Å². The molecule has 110 valence electrons. The van der Waals surface area contributed by atoms with E-state index in [4.69, 9.17) is 5.73 Å². The third-order valence-corrected chi connectivity index (χ3v) is 3.15. The van der Waals surface area contributed by atoms with E-state index in [-0.39, 0.29) is 24.0 Å². The molecule has 0 fully saturated rings. The third kappa shape index (κ3) is 4.09. The molecule has 0 amide bonds. The quantitative estimate of drug-likeness (QED) is 0.470. The summed E-state index contributed by atoms with van der Waals surface area (Å²) in [5, 5.41) is 0. The largest absolute Gasteiger partial charge is 0.370 e. The summed E-state index contributed by atoms with van der Waals surface area (Å²) in [5.74, 6) is 1.57. The van der Waals surface area contributed by atoms with E-state index in [1.54, 1.807) is 0 Å². The van der Waals surface area contributed by atoms with Crippen LogP contribution in [0.2, 0.25) is 0 Å². The molecule has 0 spiro atoms. The molecule has 0 unspecified atom stereocenters. The summed E-state index contributed by atoms with van der Waals surface area (Å²) in [6, 6.07) is 8.02. The molecule has 3 N–H and O–H groups in total. The SMILES string of the molecule is CCN(CC)C(N)=NCCc1nc2ccccc2[nH]1.I. The number of guanidine groups is 1. The van der Waals surface area contributed by atoms with E-state index < -0.39 is 0 Å². The van der Waals surface area contributed by atoms with Crippen LogP contribution in [-0.2, 0) is 6.42 Å². The van der Waals surface area contributed by atoms with Crippen LogP contribution in [-0.4, -0.2) is 40.5 Å². The zero-order chi connectivity index (χ0) is 13.7. The lowest BCUT2D eigenvalue weighted by Crippen LogP contribution is -2.37. The van der Waals surface area contributed by atoms with Crippen molar-refractivity contribution in [3.8, 4) is 0 Å². The molecule has 0 atom stereocenters. The van der Waals surface area contributed by atoms with Crippen molar-refractivity contribution in [2.24, 2.45) is 10.7 Å². The monoisotopic (exact) mass is 387 g/mol. The normalized spacial score (nSPS) is 11.4. The summed E-state index contributed by atoms with van der Waals surface area (Å²) in [7, 11) is 0. The number of hydrogen-bond acceptors (Lipinski definition) is 2. The zero-order valence-electron chi connectivity index (χ0n) is 12.0. The van der Waals surface area contributed by atoms with Gasteiger partial charge in [0, 0.05) is 26.1 Å². The van der Waals surface area contributed by atoms with Crippen LogP contribution in [0, 0.1) is 0 Å². The van der Waals surface area contributed by atoms with Gasteiger partial charge in [0.25, 0.3) is 0 Å². The standard InChI is InChI=1S/C14H21N5.HI/c1-3-19(4-2)14(15)16-10-9-13-17-11-7-5-6-8-12(11)18-13;/h5-8H,3-4,9-10H2,1-2H3,(H2,15,16)(H,17,18);1H. The van der Waals surface area contributed by atoms with Gasteiger partial charge in [-0.15, -0.1) is 24.0 Å². The van der Waals surface area contributed by atoms with E-state index in [2.05, 4.69) is 28.8 Å². The van der Waals surface area contributed by atoms with Gasteiger partial charge >= 0.3 is 0 Å². The van der Waals surface area contributed by atoms with Gasteiger partial charge in [0.1, 0.15) is 5.82 Å². The molecule has 5 nitrogen and oxygen atoms in total. The van der Waals surface area contributed by atoms with Crippen molar-refractivity contribution in [2.75, 3.05) is 19.6 Å². The molecule has 0 saturated heterocycles. The molecular weight excluding hydrogens is 365 g/mol. The molecule has 1 heterocycles. The van der Waals surface area contributed by atoms with E-state index in [1.807, 2.05) is 29.2 Å². The van der Waals surface area contributed by atoms with E-state index in [1.165, 1.54) is 0 Å². The van der Waals surface area contributed by atoms with Gasteiger partial charge in [0.2, 0.25) is 0 Å². The van der Waals surface area contributed by atoms with Gasteiger partial charge in [0.15, 0.2) is 5.96 Å². The second-order valence-corrected chi connectivity index (χ2v) is 4.36. The van der Waals surface area contributed by atoms with Crippen LogP contribution in [0.1, 0.15) is 19.7 Å². The Morgan fingerprint density at radius 2 is 2.00 bits per heavy atom. The minimum absolute atomic E-state index is 0. The number of aromatic amines is 1. The number of nitrogens with two attached hydrogens (primary N) is 1. The molecule has 0 aliphatic carbocycles. The molecule has 0 saturated carbocycles. The molecule has 1 aromatic heterocycles. The molecule has 0 bridgehead atoms. The number of aliphatic imine (C=N–C) groups is 1. The highest BCUT2D eigenvalue weighted by Crippen LogP contribution is 2.10. The Kier molecular flexibility index (Phi) is 6.77. The van der Waals surface area contributed by atoms with Gasteiger partial charge in [0.05, 0.1) is 11.0 Å². The fourth-order valence-corrected chi connectivity index (χ4v) is 2.05. The first-order valence-electron chi connectivity index (χ1n) is 6.73. The average molecular weight is 387 g/mol. The van der Waals surface area contributed by atoms with Gasteiger partial charge < -0.3 is 15.6 Å². The van der Waals surface area contributed by atoms with Crippen LogP contribution in [0.5, 0.6) is 0 Å². The van der Waals surface area contributed by atoms with Gasteiger partial charge in [-0.2, -0.15) is 0 Å². The average Bonchev–Trinajstić information content (AvgIpc) is 2.82. The zero-order valence-corrected chi connectivity index (χ0v) is 14.3. The summed E-state index contributed by atoms with van der Waals surface area (Å²) in [4.78, 5) is 14.2. The summed E-state index contributed by atoms with van der Waals surface area (Å²) in [6.45, 7) is 6.57. The first-order chi connectivity index (χ1) is 9.24. The van der Waals surface area contributed by atoms with E-state index >= 15 is 0 Å². The van der Waals surface area contributed by atoms with Crippen molar-refractivity contribution in [3.63, 3.8) is 0 Å². The highest BCUT2D eigenvalue weighted by molar-refractivity contribution is 14.0. The van der Waals surface area contributed by atoms with Gasteiger partial charge in [-0.3, -0.25) is 4.99 Å². The summed E-state index contributed by atoms with van der Waals surface area (Å²) in [6.07, 6.45) is 0.774. The number of nitrogens with one attached hydrogen (secondary N) is 1. The number of fused-ring (bicyclic) bond motifs is 1. The molecule has 20 heavy (non-hydrogen) atoms. The number of benzene rings is 1. The van der Waals surface area contributed by atoms with Crippen LogP contribution in [0.4, 0.5) is 0 Å². The molecule has 0 radical (unpaired) electrons. The number of para-hydroxylation sites is 2.